The summed E-state index contributed by atoms with van der Waals surface area (Å²) < 4.78 is 55.0. The molecule has 1 N–H and O–H groups in total. The Morgan fingerprint density at radius 3 is 2.39 bits per heavy atom. The Bertz CT molecular complexity index is 381. The molecular formula is C12H15F4NO. The maximum atomic E-state index is 13.5. The molecule has 0 saturated heterocycles. The van der Waals surface area contributed by atoms with Crippen molar-refractivity contribution in [1.82, 2.24) is 5.32 Å². The number of nitrogens with one attached hydrogen (secondary N) is 1. The van der Waals surface area contributed by atoms with E-state index in [4.69, 9.17) is 4.74 Å². The van der Waals surface area contributed by atoms with Gasteiger partial charge in [-0.15, -0.1) is 0 Å². The van der Waals surface area contributed by atoms with Gasteiger partial charge in [0, 0.05) is 5.56 Å². The van der Waals surface area contributed by atoms with Gasteiger partial charge >= 0.3 is 6.18 Å². The van der Waals surface area contributed by atoms with Gasteiger partial charge in [-0.25, -0.2) is 4.39 Å². The molecule has 0 aliphatic carbocycles. The zero-order chi connectivity index (χ0) is 13.8. The zero-order valence-electron chi connectivity index (χ0n) is 10.1. The quantitative estimate of drug-likeness (QED) is 0.826. The average Bonchev–Trinajstić information content (AvgIpc) is 2.30. The highest BCUT2D eigenvalue weighted by Gasteiger charge is 2.37. The molecule has 0 saturated carbocycles. The summed E-state index contributed by atoms with van der Waals surface area (Å²) in [7, 11) is 1.54. The van der Waals surface area contributed by atoms with Crippen molar-refractivity contribution in [2.24, 2.45) is 0 Å². The summed E-state index contributed by atoms with van der Waals surface area (Å²) >= 11 is 0. The standard InChI is InChI=1S/C12H15F4NO/c1-8(12(14,15)16)18-7-11(17-2)9-5-3-4-6-10(9)13/h3-6,8,11,17H,7H2,1-2H3. The van der Waals surface area contributed by atoms with Crippen molar-refractivity contribution in [3.05, 3.63) is 35.6 Å². The van der Waals surface area contributed by atoms with Crippen LogP contribution < -0.4 is 5.32 Å². The van der Waals surface area contributed by atoms with Gasteiger partial charge < -0.3 is 10.1 Å². The van der Waals surface area contributed by atoms with E-state index in [1.807, 2.05) is 0 Å². The highest BCUT2D eigenvalue weighted by atomic mass is 19.4. The van der Waals surface area contributed by atoms with Crippen molar-refractivity contribution >= 4 is 0 Å². The van der Waals surface area contributed by atoms with Crippen LogP contribution in [-0.4, -0.2) is 25.9 Å². The summed E-state index contributed by atoms with van der Waals surface area (Å²) in [6.07, 6.45) is -6.28. The lowest BCUT2D eigenvalue weighted by Gasteiger charge is -2.21. The average molecular weight is 265 g/mol. The molecule has 0 spiro atoms. The van der Waals surface area contributed by atoms with E-state index in [1.165, 1.54) is 18.2 Å². The van der Waals surface area contributed by atoms with Crippen molar-refractivity contribution in [2.45, 2.75) is 25.2 Å². The molecule has 102 valence electrons. The highest BCUT2D eigenvalue weighted by molar-refractivity contribution is 5.21. The SMILES string of the molecule is CNC(COC(C)C(F)(F)F)c1ccccc1F. The third-order valence-electron chi connectivity index (χ3n) is 2.60. The van der Waals surface area contributed by atoms with Crippen LogP contribution in [0.25, 0.3) is 0 Å². The highest BCUT2D eigenvalue weighted by Crippen LogP contribution is 2.24. The fraction of sp³-hybridized carbons (Fsp3) is 0.500. The number of alkyl halides is 3. The van der Waals surface area contributed by atoms with Crippen molar-refractivity contribution in [2.75, 3.05) is 13.7 Å². The zero-order valence-corrected chi connectivity index (χ0v) is 10.1. The Morgan fingerprint density at radius 1 is 1.28 bits per heavy atom. The van der Waals surface area contributed by atoms with Crippen LogP contribution in [-0.2, 0) is 4.74 Å². The molecule has 6 heteroatoms. The minimum absolute atomic E-state index is 0.252. The molecule has 2 unspecified atom stereocenters. The van der Waals surface area contributed by atoms with E-state index in [0.717, 1.165) is 6.92 Å². The molecule has 1 rings (SSSR count). The molecule has 0 fully saturated rings. The van der Waals surface area contributed by atoms with Crippen LogP contribution in [0.4, 0.5) is 17.6 Å². The molecule has 0 heterocycles. The molecular weight excluding hydrogens is 250 g/mol. The lowest BCUT2D eigenvalue weighted by atomic mass is 10.1. The molecule has 2 atom stereocenters. The first-order valence-electron chi connectivity index (χ1n) is 5.46. The molecule has 2 nitrogen and oxygen atoms in total. The van der Waals surface area contributed by atoms with Crippen molar-refractivity contribution in [1.29, 1.82) is 0 Å². The third kappa shape index (κ3) is 3.96. The number of ether oxygens (including phenoxy) is 1. The van der Waals surface area contributed by atoms with Gasteiger partial charge in [0.25, 0.3) is 0 Å². The van der Waals surface area contributed by atoms with Gasteiger partial charge in [-0.3, -0.25) is 0 Å². The number of hydrogen-bond acceptors (Lipinski definition) is 2. The van der Waals surface area contributed by atoms with E-state index in [1.54, 1.807) is 13.1 Å². The molecule has 0 aromatic heterocycles. The van der Waals surface area contributed by atoms with Gasteiger partial charge in [0.1, 0.15) is 5.82 Å². The van der Waals surface area contributed by atoms with Gasteiger partial charge in [-0.2, -0.15) is 13.2 Å². The van der Waals surface area contributed by atoms with Gasteiger partial charge in [0.15, 0.2) is 6.10 Å². The first-order valence-corrected chi connectivity index (χ1v) is 5.46. The van der Waals surface area contributed by atoms with Crippen LogP contribution >= 0.6 is 0 Å². The Balaban J connectivity index is 2.67. The number of halogens is 4. The van der Waals surface area contributed by atoms with Crippen LogP contribution in [0.1, 0.15) is 18.5 Å². The maximum Gasteiger partial charge on any atom is 0.414 e. The number of benzene rings is 1. The molecule has 1 aromatic carbocycles. The minimum atomic E-state index is -4.41. The van der Waals surface area contributed by atoms with Crippen LogP contribution in [0.2, 0.25) is 0 Å². The topological polar surface area (TPSA) is 21.3 Å². The summed E-state index contributed by atoms with van der Waals surface area (Å²) in [4.78, 5) is 0. The number of likely N-dealkylation sites (N-methyl/N-ethyl adjacent to an activating group) is 1. The summed E-state index contributed by atoms with van der Waals surface area (Å²) in [5, 5.41) is 2.73. The fourth-order valence-corrected chi connectivity index (χ4v) is 1.42. The van der Waals surface area contributed by atoms with E-state index in [-0.39, 0.29) is 12.2 Å². The summed E-state index contributed by atoms with van der Waals surface area (Å²) in [5.74, 6) is -0.472. The van der Waals surface area contributed by atoms with Crippen molar-refractivity contribution < 1.29 is 22.3 Å². The Kier molecular flexibility index (Phi) is 5.10. The van der Waals surface area contributed by atoms with Crippen molar-refractivity contribution in [3.8, 4) is 0 Å². The Hall–Kier alpha value is -1.14. The van der Waals surface area contributed by atoms with Crippen LogP contribution in [0.15, 0.2) is 24.3 Å². The second kappa shape index (κ2) is 6.15. The molecule has 1 aromatic rings. The summed E-state index contributed by atoms with van der Waals surface area (Å²) in [5.41, 5.74) is 0.286. The third-order valence-corrected chi connectivity index (χ3v) is 2.60. The largest absolute Gasteiger partial charge is 0.414 e. The smallest absolute Gasteiger partial charge is 0.367 e. The van der Waals surface area contributed by atoms with Crippen molar-refractivity contribution in [3.63, 3.8) is 0 Å². The monoisotopic (exact) mass is 265 g/mol. The van der Waals surface area contributed by atoms with E-state index in [0.29, 0.717) is 0 Å². The van der Waals surface area contributed by atoms with Crippen LogP contribution in [0, 0.1) is 5.82 Å². The van der Waals surface area contributed by atoms with Gasteiger partial charge in [0.05, 0.1) is 12.6 Å². The van der Waals surface area contributed by atoms with E-state index in [9.17, 15) is 17.6 Å². The first-order chi connectivity index (χ1) is 8.36. The summed E-state index contributed by atoms with van der Waals surface area (Å²) in [6, 6.07) is 5.29. The van der Waals surface area contributed by atoms with E-state index in [2.05, 4.69) is 5.32 Å². The van der Waals surface area contributed by atoms with Gasteiger partial charge in [0.2, 0.25) is 0 Å². The molecule has 0 bridgehead atoms. The summed E-state index contributed by atoms with van der Waals surface area (Å²) in [6.45, 7) is 0.673. The van der Waals surface area contributed by atoms with Gasteiger partial charge in [-0.1, -0.05) is 18.2 Å². The number of rotatable bonds is 5. The van der Waals surface area contributed by atoms with Gasteiger partial charge in [-0.05, 0) is 20.0 Å². The first kappa shape index (κ1) is 14.9. The molecule has 0 amide bonds. The Morgan fingerprint density at radius 2 is 1.89 bits per heavy atom. The van der Waals surface area contributed by atoms with Crippen LogP contribution in [0.5, 0.6) is 0 Å². The predicted octanol–water partition coefficient (Wildman–Crippen LogP) is 3.05. The maximum absolute atomic E-state index is 13.5. The number of hydrogen-bond donors (Lipinski definition) is 1. The minimum Gasteiger partial charge on any atom is -0.367 e. The lowest BCUT2D eigenvalue weighted by Crippen LogP contribution is -2.32. The lowest BCUT2D eigenvalue weighted by molar-refractivity contribution is -0.215. The second-order valence-corrected chi connectivity index (χ2v) is 3.88. The Labute approximate surface area is 103 Å². The normalized spacial score (nSPS) is 15.4. The van der Waals surface area contributed by atoms with Crippen LogP contribution in [0.3, 0.4) is 0 Å². The molecule has 0 radical (unpaired) electrons. The molecule has 0 aliphatic heterocycles. The fourth-order valence-electron chi connectivity index (χ4n) is 1.42. The molecule has 18 heavy (non-hydrogen) atoms. The van der Waals surface area contributed by atoms with E-state index < -0.39 is 24.1 Å². The second-order valence-electron chi connectivity index (χ2n) is 3.88. The molecule has 0 aliphatic rings. The van der Waals surface area contributed by atoms with E-state index >= 15 is 0 Å². The predicted molar refractivity (Wildman–Crippen MR) is 59.7 cm³/mol.